The molecule has 1 atom stereocenters. The summed E-state index contributed by atoms with van der Waals surface area (Å²) in [4.78, 5) is 4.29. The van der Waals surface area contributed by atoms with Crippen LogP contribution in [0.5, 0.6) is 0 Å². The molecule has 2 heteroatoms. The second kappa shape index (κ2) is 6.33. The van der Waals surface area contributed by atoms with Crippen molar-refractivity contribution in [2.45, 2.75) is 25.8 Å². The van der Waals surface area contributed by atoms with Crippen molar-refractivity contribution in [1.29, 1.82) is 0 Å². The largest absolute Gasteiger partial charge is 0.309 e. The first-order chi connectivity index (χ1) is 6.84. The van der Waals surface area contributed by atoms with Crippen LogP contribution >= 0.6 is 0 Å². The van der Waals surface area contributed by atoms with Gasteiger partial charge in [-0.3, -0.25) is 4.98 Å². The second-order valence-corrected chi connectivity index (χ2v) is 3.36. The highest BCUT2D eigenvalue weighted by Gasteiger charge is 2.03. The van der Waals surface area contributed by atoms with Crippen molar-refractivity contribution >= 4 is 0 Å². The fourth-order valence-electron chi connectivity index (χ4n) is 1.30. The minimum atomic E-state index is 0.334. The molecule has 14 heavy (non-hydrogen) atoms. The van der Waals surface area contributed by atoms with Gasteiger partial charge in [-0.15, -0.1) is 6.58 Å². The van der Waals surface area contributed by atoms with E-state index in [0.29, 0.717) is 6.04 Å². The van der Waals surface area contributed by atoms with Crippen molar-refractivity contribution in [1.82, 2.24) is 10.3 Å². The Balaban J connectivity index is 2.28. The first kappa shape index (κ1) is 10.9. The van der Waals surface area contributed by atoms with Gasteiger partial charge in [0.2, 0.25) is 0 Å². The molecule has 76 valence electrons. The van der Waals surface area contributed by atoms with E-state index in [2.05, 4.69) is 23.8 Å². The minimum Gasteiger partial charge on any atom is -0.309 e. The normalized spacial score (nSPS) is 12.4. The Morgan fingerprint density at radius 1 is 1.57 bits per heavy atom. The molecule has 0 spiro atoms. The molecule has 1 N–H and O–H groups in total. The number of unbranched alkanes of at least 4 members (excludes halogenated alkanes) is 1. The Hall–Kier alpha value is -1.15. The lowest BCUT2D eigenvalue weighted by Crippen LogP contribution is -2.20. The van der Waals surface area contributed by atoms with E-state index >= 15 is 0 Å². The van der Waals surface area contributed by atoms with Gasteiger partial charge in [-0.25, -0.2) is 0 Å². The van der Waals surface area contributed by atoms with Crippen LogP contribution in [0.15, 0.2) is 37.1 Å². The fourth-order valence-corrected chi connectivity index (χ4v) is 1.30. The number of rotatable bonds is 6. The van der Waals surface area contributed by atoms with Crippen LogP contribution < -0.4 is 5.32 Å². The lowest BCUT2D eigenvalue weighted by atomic mass is 10.2. The third-order valence-electron chi connectivity index (χ3n) is 2.17. The predicted molar refractivity (Wildman–Crippen MR) is 60.1 cm³/mol. The third-order valence-corrected chi connectivity index (χ3v) is 2.17. The molecule has 0 aliphatic rings. The van der Waals surface area contributed by atoms with E-state index in [0.717, 1.165) is 25.1 Å². The van der Waals surface area contributed by atoms with Gasteiger partial charge >= 0.3 is 0 Å². The summed E-state index contributed by atoms with van der Waals surface area (Å²) in [6.45, 7) is 6.85. The molecule has 0 fully saturated rings. The van der Waals surface area contributed by atoms with Crippen LogP contribution in [0.1, 0.15) is 31.5 Å². The lowest BCUT2D eigenvalue weighted by Gasteiger charge is -2.12. The van der Waals surface area contributed by atoms with Crippen molar-refractivity contribution in [3.8, 4) is 0 Å². The van der Waals surface area contributed by atoms with Crippen LogP contribution in [-0.2, 0) is 0 Å². The highest BCUT2D eigenvalue weighted by atomic mass is 14.9. The van der Waals surface area contributed by atoms with Gasteiger partial charge in [0.1, 0.15) is 0 Å². The maximum Gasteiger partial charge on any atom is 0.0570 e. The van der Waals surface area contributed by atoms with Gasteiger partial charge < -0.3 is 5.32 Å². The minimum absolute atomic E-state index is 0.334. The molecule has 0 radical (unpaired) electrons. The Kier molecular flexibility index (Phi) is 4.94. The number of nitrogens with one attached hydrogen (secondary N) is 1. The summed E-state index contributed by atoms with van der Waals surface area (Å²) < 4.78 is 0. The zero-order chi connectivity index (χ0) is 10.2. The number of allylic oxidation sites excluding steroid dienone is 1. The average Bonchev–Trinajstić information content (AvgIpc) is 2.25. The van der Waals surface area contributed by atoms with Crippen molar-refractivity contribution in [3.05, 3.63) is 42.7 Å². The monoisotopic (exact) mass is 190 g/mol. The second-order valence-electron chi connectivity index (χ2n) is 3.36. The van der Waals surface area contributed by atoms with E-state index in [1.807, 2.05) is 30.5 Å². The van der Waals surface area contributed by atoms with Crippen LogP contribution in [0.4, 0.5) is 0 Å². The first-order valence-corrected chi connectivity index (χ1v) is 5.10. The molecule has 0 aliphatic heterocycles. The Morgan fingerprint density at radius 3 is 3.07 bits per heavy atom. The molecule has 1 rings (SSSR count). The van der Waals surface area contributed by atoms with Crippen molar-refractivity contribution in [3.63, 3.8) is 0 Å². The molecule has 2 nitrogen and oxygen atoms in total. The van der Waals surface area contributed by atoms with E-state index in [-0.39, 0.29) is 0 Å². The lowest BCUT2D eigenvalue weighted by molar-refractivity contribution is 0.550. The first-order valence-electron chi connectivity index (χ1n) is 5.10. The van der Waals surface area contributed by atoms with E-state index in [1.54, 1.807) is 0 Å². The van der Waals surface area contributed by atoms with Gasteiger partial charge in [-0.05, 0) is 38.4 Å². The summed E-state index contributed by atoms with van der Waals surface area (Å²) in [7, 11) is 0. The fraction of sp³-hybridized carbons (Fsp3) is 0.417. The topological polar surface area (TPSA) is 24.9 Å². The Labute approximate surface area is 86.1 Å². The van der Waals surface area contributed by atoms with Crippen molar-refractivity contribution in [2.24, 2.45) is 0 Å². The maximum absolute atomic E-state index is 4.29. The van der Waals surface area contributed by atoms with Crippen LogP contribution in [0, 0.1) is 0 Å². The van der Waals surface area contributed by atoms with Crippen LogP contribution in [0.3, 0.4) is 0 Å². The molecule has 0 unspecified atom stereocenters. The highest BCUT2D eigenvalue weighted by Crippen LogP contribution is 2.07. The maximum atomic E-state index is 4.29. The summed E-state index contributed by atoms with van der Waals surface area (Å²) in [5.74, 6) is 0. The third kappa shape index (κ3) is 3.71. The molecule has 1 aromatic rings. The number of hydrogen-bond donors (Lipinski definition) is 1. The molecule has 0 aliphatic carbocycles. The van der Waals surface area contributed by atoms with Gasteiger partial charge in [0.25, 0.3) is 0 Å². The molecule has 1 aromatic heterocycles. The quantitative estimate of drug-likeness (QED) is 0.551. The van der Waals surface area contributed by atoms with Gasteiger partial charge in [-0.2, -0.15) is 0 Å². The van der Waals surface area contributed by atoms with Crippen molar-refractivity contribution in [2.75, 3.05) is 6.54 Å². The molecular formula is C12H18N2. The molecule has 0 aromatic carbocycles. The Morgan fingerprint density at radius 2 is 2.43 bits per heavy atom. The van der Waals surface area contributed by atoms with Gasteiger partial charge in [0.05, 0.1) is 5.69 Å². The number of pyridine rings is 1. The number of nitrogens with zero attached hydrogens (tertiary/aromatic N) is 1. The summed E-state index contributed by atoms with van der Waals surface area (Å²) in [6, 6.07) is 6.34. The van der Waals surface area contributed by atoms with E-state index in [1.165, 1.54) is 0 Å². The van der Waals surface area contributed by atoms with Crippen LogP contribution in [-0.4, -0.2) is 11.5 Å². The predicted octanol–water partition coefficient (Wildman–Crippen LogP) is 2.70. The summed E-state index contributed by atoms with van der Waals surface area (Å²) >= 11 is 0. The average molecular weight is 190 g/mol. The van der Waals surface area contributed by atoms with E-state index < -0.39 is 0 Å². The van der Waals surface area contributed by atoms with Crippen molar-refractivity contribution < 1.29 is 0 Å². The molecule has 0 amide bonds. The number of aromatic nitrogens is 1. The number of hydrogen-bond acceptors (Lipinski definition) is 2. The smallest absolute Gasteiger partial charge is 0.0570 e. The highest BCUT2D eigenvalue weighted by molar-refractivity contribution is 5.07. The van der Waals surface area contributed by atoms with Gasteiger partial charge in [-0.1, -0.05) is 12.1 Å². The van der Waals surface area contributed by atoms with Gasteiger partial charge in [0.15, 0.2) is 0 Å². The molecule has 0 saturated carbocycles. The van der Waals surface area contributed by atoms with Crippen LogP contribution in [0.2, 0.25) is 0 Å². The summed E-state index contributed by atoms with van der Waals surface area (Å²) in [6.07, 6.45) is 5.99. The summed E-state index contributed by atoms with van der Waals surface area (Å²) in [5.41, 5.74) is 1.10. The molecular weight excluding hydrogens is 172 g/mol. The molecule has 0 saturated heterocycles. The van der Waals surface area contributed by atoms with Gasteiger partial charge in [0, 0.05) is 12.2 Å². The molecule has 1 heterocycles. The zero-order valence-corrected chi connectivity index (χ0v) is 8.74. The standard InChI is InChI=1S/C12H18N2/c1-3-4-6-9-13-11(2)12-8-5-7-10-14-12/h3,5,7-8,10-11,13H,1,4,6,9H2,2H3/t11-/m0/s1. The van der Waals surface area contributed by atoms with Crippen LogP contribution in [0.25, 0.3) is 0 Å². The SMILES string of the molecule is C=CCCCN[C@@H](C)c1ccccn1. The van der Waals surface area contributed by atoms with E-state index in [4.69, 9.17) is 0 Å². The van der Waals surface area contributed by atoms with E-state index in [9.17, 15) is 0 Å². The zero-order valence-electron chi connectivity index (χ0n) is 8.74. The molecule has 0 bridgehead atoms. The summed E-state index contributed by atoms with van der Waals surface area (Å²) in [5, 5.41) is 3.42. The Bertz CT molecular complexity index is 256.